The van der Waals surface area contributed by atoms with Gasteiger partial charge in [-0.1, -0.05) is 25.5 Å². The molecule has 4 aliphatic rings. The minimum absolute atomic E-state index is 0.0204. The van der Waals surface area contributed by atoms with E-state index in [0.29, 0.717) is 11.8 Å². The van der Waals surface area contributed by atoms with E-state index in [1.165, 1.54) is 5.57 Å². The Kier molecular flexibility index (Phi) is 4.31. The zero-order valence-corrected chi connectivity index (χ0v) is 16.7. The second-order valence-electron chi connectivity index (χ2n) is 10.2. The summed E-state index contributed by atoms with van der Waals surface area (Å²) >= 11 is 0. The highest BCUT2D eigenvalue weighted by molar-refractivity contribution is 5.79. The van der Waals surface area contributed by atoms with Crippen molar-refractivity contribution >= 4 is 5.91 Å². The number of carbonyl (C=O) groups excluding carboxylic acids is 1. The molecular weight excluding hydrogens is 326 g/mol. The van der Waals surface area contributed by atoms with Gasteiger partial charge in [0.2, 0.25) is 5.91 Å². The predicted octanol–water partition coefficient (Wildman–Crippen LogP) is 2.99. The number of aliphatic hydroxyl groups excluding tert-OH is 2. The first-order valence-electron chi connectivity index (χ1n) is 10.5. The summed E-state index contributed by atoms with van der Waals surface area (Å²) in [6.45, 7) is 4.59. The lowest BCUT2D eigenvalue weighted by Gasteiger charge is -2.59. The van der Waals surface area contributed by atoms with Gasteiger partial charge in [-0.2, -0.15) is 0 Å². The van der Waals surface area contributed by atoms with Crippen LogP contribution in [0.4, 0.5) is 0 Å². The molecule has 4 nitrogen and oxygen atoms in total. The van der Waals surface area contributed by atoms with Crippen molar-refractivity contribution < 1.29 is 15.0 Å². The predicted molar refractivity (Wildman–Crippen MR) is 101 cm³/mol. The van der Waals surface area contributed by atoms with Gasteiger partial charge in [-0.15, -0.1) is 0 Å². The normalized spacial score (nSPS) is 50.3. The van der Waals surface area contributed by atoms with E-state index < -0.39 is 0 Å². The van der Waals surface area contributed by atoms with Crippen LogP contribution in [-0.2, 0) is 4.79 Å². The molecule has 26 heavy (non-hydrogen) atoms. The Bertz CT molecular complexity index is 629. The minimum Gasteiger partial charge on any atom is -0.393 e. The van der Waals surface area contributed by atoms with Crippen LogP contribution in [0.15, 0.2) is 11.6 Å². The third-order valence-corrected chi connectivity index (χ3v) is 8.75. The van der Waals surface area contributed by atoms with Crippen LogP contribution in [0.2, 0.25) is 0 Å². The summed E-state index contributed by atoms with van der Waals surface area (Å²) in [6, 6.07) is 0. The number of aliphatic hydroxyl groups is 2. The third-order valence-electron chi connectivity index (χ3n) is 8.75. The second-order valence-corrected chi connectivity index (χ2v) is 10.2. The molecule has 1 amide bonds. The van der Waals surface area contributed by atoms with Crippen molar-refractivity contribution in [1.29, 1.82) is 0 Å². The first-order chi connectivity index (χ1) is 12.2. The maximum absolute atomic E-state index is 12.8. The number of allylic oxidation sites excluding steroid dienone is 1. The maximum atomic E-state index is 12.8. The highest BCUT2D eigenvalue weighted by atomic mass is 16.3. The van der Waals surface area contributed by atoms with Gasteiger partial charge in [0.15, 0.2) is 0 Å². The van der Waals surface area contributed by atoms with Crippen molar-refractivity contribution in [2.45, 2.75) is 71.0 Å². The molecule has 1 unspecified atom stereocenters. The number of carbonyl (C=O) groups is 1. The van der Waals surface area contributed by atoms with Gasteiger partial charge < -0.3 is 15.1 Å². The maximum Gasteiger partial charge on any atom is 0.225 e. The largest absolute Gasteiger partial charge is 0.393 e. The lowest BCUT2D eigenvalue weighted by atomic mass is 9.46. The molecule has 3 fully saturated rings. The number of hydrogen-bond donors (Lipinski definition) is 2. The lowest BCUT2D eigenvalue weighted by molar-refractivity contribution is -0.149. The van der Waals surface area contributed by atoms with Gasteiger partial charge in [0.05, 0.1) is 12.2 Å². The molecular formula is C22H35NO3. The molecule has 0 aromatic rings. The Hall–Kier alpha value is -0.870. The quantitative estimate of drug-likeness (QED) is 0.706. The molecule has 4 rings (SSSR count). The van der Waals surface area contributed by atoms with E-state index >= 15 is 0 Å². The molecule has 0 aromatic heterocycles. The Labute approximate surface area is 157 Å². The molecule has 0 spiro atoms. The van der Waals surface area contributed by atoms with E-state index in [4.69, 9.17) is 0 Å². The summed E-state index contributed by atoms with van der Waals surface area (Å²) in [6.07, 6.45) is 8.22. The van der Waals surface area contributed by atoms with Gasteiger partial charge in [-0.05, 0) is 73.5 Å². The van der Waals surface area contributed by atoms with E-state index in [1.807, 2.05) is 14.1 Å². The molecule has 0 bridgehead atoms. The number of rotatable bonds is 1. The standard InChI is InChI=1S/C22H35NO3/c1-21-10-9-14(24)11-13(21)5-6-15-16-7-8-17(20(26)23(3)4)22(16,2)12-18(25)19(15)21/h5,14-19,24-25H,6-12H2,1-4H3/t14-,15-,16-,17+,18-,19+,21-,22?/m0/s1. The smallest absolute Gasteiger partial charge is 0.225 e. The SMILES string of the molecule is CN(C)C(=O)[C@H]1CC[C@H]2[C@@H]3CC=C4C[C@@H](O)CC[C@]4(C)[C@H]3[C@@H](O)CC12C. The van der Waals surface area contributed by atoms with Crippen LogP contribution < -0.4 is 0 Å². The average Bonchev–Trinajstić information content (AvgIpc) is 2.90. The second kappa shape index (κ2) is 6.07. The van der Waals surface area contributed by atoms with Crippen LogP contribution in [0.25, 0.3) is 0 Å². The minimum atomic E-state index is -0.347. The molecule has 4 heteroatoms. The number of amides is 1. The van der Waals surface area contributed by atoms with Crippen LogP contribution >= 0.6 is 0 Å². The molecule has 146 valence electrons. The van der Waals surface area contributed by atoms with E-state index in [0.717, 1.165) is 44.9 Å². The molecule has 2 N–H and O–H groups in total. The fourth-order valence-electron chi connectivity index (χ4n) is 7.49. The Morgan fingerprint density at radius 2 is 1.92 bits per heavy atom. The van der Waals surface area contributed by atoms with Crippen molar-refractivity contribution in [3.8, 4) is 0 Å². The van der Waals surface area contributed by atoms with E-state index in [-0.39, 0.29) is 40.8 Å². The first-order valence-corrected chi connectivity index (χ1v) is 10.5. The van der Waals surface area contributed by atoms with Crippen LogP contribution in [0, 0.1) is 34.5 Å². The van der Waals surface area contributed by atoms with E-state index in [2.05, 4.69) is 19.9 Å². The van der Waals surface area contributed by atoms with Gasteiger partial charge >= 0.3 is 0 Å². The van der Waals surface area contributed by atoms with Crippen LogP contribution in [0.5, 0.6) is 0 Å². The number of hydrogen-bond acceptors (Lipinski definition) is 3. The van der Waals surface area contributed by atoms with Crippen molar-refractivity contribution in [3.63, 3.8) is 0 Å². The van der Waals surface area contributed by atoms with Crippen LogP contribution in [0.1, 0.15) is 58.8 Å². The summed E-state index contributed by atoms with van der Waals surface area (Å²) in [7, 11) is 3.70. The number of nitrogens with zero attached hydrogens (tertiary/aromatic N) is 1. The molecule has 0 aliphatic heterocycles. The fraction of sp³-hybridized carbons (Fsp3) is 0.864. The van der Waals surface area contributed by atoms with Gasteiger partial charge in [0, 0.05) is 20.0 Å². The van der Waals surface area contributed by atoms with Crippen molar-refractivity contribution in [3.05, 3.63) is 11.6 Å². The Balaban J connectivity index is 1.68. The highest BCUT2D eigenvalue weighted by Gasteiger charge is 2.62. The van der Waals surface area contributed by atoms with Crippen molar-refractivity contribution in [2.75, 3.05) is 14.1 Å². The molecule has 0 radical (unpaired) electrons. The molecule has 4 aliphatic carbocycles. The Morgan fingerprint density at radius 1 is 1.19 bits per heavy atom. The first kappa shape index (κ1) is 18.5. The Morgan fingerprint density at radius 3 is 2.62 bits per heavy atom. The van der Waals surface area contributed by atoms with E-state index in [9.17, 15) is 15.0 Å². The zero-order chi connectivity index (χ0) is 18.9. The van der Waals surface area contributed by atoms with Gasteiger partial charge in [-0.25, -0.2) is 0 Å². The van der Waals surface area contributed by atoms with Crippen molar-refractivity contribution in [1.82, 2.24) is 4.90 Å². The van der Waals surface area contributed by atoms with E-state index in [1.54, 1.807) is 4.90 Å². The average molecular weight is 362 g/mol. The summed E-state index contributed by atoms with van der Waals surface area (Å²) < 4.78 is 0. The molecule has 0 aromatic carbocycles. The highest BCUT2D eigenvalue weighted by Crippen LogP contribution is 2.66. The molecule has 8 atom stereocenters. The van der Waals surface area contributed by atoms with Gasteiger partial charge in [0.25, 0.3) is 0 Å². The summed E-state index contributed by atoms with van der Waals surface area (Å²) in [4.78, 5) is 14.5. The number of fused-ring (bicyclic) bond motifs is 5. The lowest BCUT2D eigenvalue weighted by Crippen LogP contribution is -2.57. The zero-order valence-electron chi connectivity index (χ0n) is 16.7. The summed E-state index contributed by atoms with van der Waals surface area (Å²) in [5, 5.41) is 21.4. The van der Waals surface area contributed by atoms with Gasteiger partial charge in [-0.3, -0.25) is 4.79 Å². The molecule has 3 saturated carbocycles. The summed E-state index contributed by atoms with van der Waals surface area (Å²) in [5.41, 5.74) is 1.31. The monoisotopic (exact) mass is 361 g/mol. The third kappa shape index (κ3) is 2.44. The summed E-state index contributed by atoms with van der Waals surface area (Å²) in [5.74, 6) is 1.55. The topological polar surface area (TPSA) is 60.8 Å². The van der Waals surface area contributed by atoms with Crippen molar-refractivity contribution in [2.24, 2.45) is 34.5 Å². The van der Waals surface area contributed by atoms with Crippen LogP contribution in [-0.4, -0.2) is 47.3 Å². The fourth-order valence-corrected chi connectivity index (χ4v) is 7.49. The van der Waals surface area contributed by atoms with Gasteiger partial charge in [0.1, 0.15) is 0 Å². The molecule has 0 saturated heterocycles. The van der Waals surface area contributed by atoms with Crippen LogP contribution in [0.3, 0.4) is 0 Å². The molecule has 0 heterocycles.